The summed E-state index contributed by atoms with van der Waals surface area (Å²) in [5.74, 6) is -5.05. The van der Waals surface area contributed by atoms with Crippen LogP contribution in [0.3, 0.4) is 0 Å². The molecule has 0 aliphatic carbocycles. The van der Waals surface area contributed by atoms with E-state index in [1.165, 1.54) is 55.7 Å². The van der Waals surface area contributed by atoms with Crippen LogP contribution in [0, 0.1) is 23.7 Å². The minimum atomic E-state index is -3.66. The highest BCUT2D eigenvalue weighted by atomic mass is 32.2. The number of carbonyl (C=O) groups is 4. The lowest BCUT2D eigenvalue weighted by atomic mass is 9.73. The van der Waals surface area contributed by atoms with Crippen LogP contribution in [-0.4, -0.2) is 144 Å². The van der Waals surface area contributed by atoms with Crippen molar-refractivity contribution in [1.29, 1.82) is 0 Å². The van der Waals surface area contributed by atoms with Crippen LogP contribution in [0.5, 0.6) is 0 Å². The summed E-state index contributed by atoms with van der Waals surface area (Å²) in [5.41, 5.74) is 8.55. The number of esters is 1. The Balaban J connectivity index is 0.000000441. The van der Waals surface area contributed by atoms with Gasteiger partial charge in [-0.15, -0.1) is 0 Å². The number of nitrogens with zero attached hydrogens (tertiary/aromatic N) is 5. The number of pyridine rings is 1. The molecule has 404 valence electrons. The van der Waals surface area contributed by atoms with Gasteiger partial charge in [-0.3, -0.25) is 19.4 Å². The van der Waals surface area contributed by atoms with E-state index in [0.717, 1.165) is 16.5 Å². The van der Waals surface area contributed by atoms with E-state index in [1.54, 1.807) is 46.9 Å². The number of anilines is 2. The third-order valence-electron chi connectivity index (χ3n) is 14.7. The van der Waals surface area contributed by atoms with Gasteiger partial charge in [-0.1, -0.05) is 45.9 Å². The molecule has 20 nitrogen and oxygen atoms in total. The van der Waals surface area contributed by atoms with Gasteiger partial charge in [-0.2, -0.15) is 0 Å². The van der Waals surface area contributed by atoms with E-state index in [9.17, 15) is 32.7 Å². The first-order chi connectivity index (χ1) is 35.0. The lowest BCUT2D eigenvalue weighted by molar-refractivity contribution is -0.295. The Morgan fingerprint density at radius 3 is 2.23 bits per heavy atom. The van der Waals surface area contributed by atoms with E-state index in [2.05, 4.69) is 25.1 Å². The molecule has 4 aromatic rings. The molecule has 3 fully saturated rings. The fourth-order valence-electron chi connectivity index (χ4n) is 10.6. The summed E-state index contributed by atoms with van der Waals surface area (Å²) in [4.78, 5) is 70.8. The number of hydrazine groups is 1. The summed E-state index contributed by atoms with van der Waals surface area (Å²) < 4.78 is 57.2. The Hall–Kier alpha value is -5.68. The van der Waals surface area contributed by atoms with Gasteiger partial charge in [0, 0.05) is 67.1 Å². The summed E-state index contributed by atoms with van der Waals surface area (Å²) in [6.07, 6.45) is 1.83. The number of aromatic nitrogens is 3. The number of nitrogen functional groups attached to an aromatic ring is 1. The van der Waals surface area contributed by atoms with Crippen molar-refractivity contribution in [3.63, 3.8) is 0 Å². The summed E-state index contributed by atoms with van der Waals surface area (Å²) in [7, 11) is 1.57. The van der Waals surface area contributed by atoms with E-state index >= 15 is 0 Å². The second kappa shape index (κ2) is 24.3. The van der Waals surface area contributed by atoms with Gasteiger partial charge in [0.2, 0.25) is 5.95 Å². The number of benzene rings is 2. The van der Waals surface area contributed by atoms with Crippen LogP contribution in [0.15, 0.2) is 84.1 Å². The molecule has 74 heavy (non-hydrogen) atoms. The Kier molecular flexibility index (Phi) is 18.9. The number of cyclic esters (lactones) is 1. The van der Waals surface area contributed by atoms with Crippen molar-refractivity contribution in [2.24, 2.45) is 23.7 Å². The molecule has 2 aromatic heterocycles. The molecule has 21 heteroatoms. The maximum atomic E-state index is 14.7. The van der Waals surface area contributed by atoms with Crippen molar-refractivity contribution in [3.05, 3.63) is 84.8 Å². The van der Waals surface area contributed by atoms with Gasteiger partial charge < -0.3 is 39.4 Å². The van der Waals surface area contributed by atoms with Crippen LogP contribution >= 0.6 is 0 Å². The number of fused-ring (bicyclic) bond motifs is 2. The molecule has 13 atom stereocenters. The highest BCUT2D eigenvalue weighted by Gasteiger charge is 2.61. The molecule has 1 amide bonds. The van der Waals surface area contributed by atoms with Gasteiger partial charge >= 0.3 is 12.1 Å². The van der Waals surface area contributed by atoms with Crippen LogP contribution in [0.2, 0.25) is 0 Å². The number of aliphatic hydroxyl groups is 1. The first-order valence-electron chi connectivity index (χ1n) is 25.2. The highest BCUT2D eigenvalue weighted by molar-refractivity contribution is 7.92. The van der Waals surface area contributed by atoms with Gasteiger partial charge in [0.15, 0.2) is 17.7 Å². The summed E-state index contributed by atoms with van der Waals surface area (Å²) in [5, 5.41) is 13.9. The molecule has 0 unspecified atom stereocenters. The predicted octanol–water partition coefficient (Wildman–Crippen LogP) is 5.74. The molecule has 7 rings (SSSR count). The SMILES string of the molecule is CC[C@H]1OC(=O)[C@H](C)C(=O)[C@H](C)[C@@H](O[C@@H]2O[C@H](C)C[C@H](N(C)C)[C@H]2O)[C@](C)(OC)C[C@@H](C)C(=O)[C@H](C)[C@H]2N(NCCCc3ccnc4ccccc34)C(=O)O[C@]12C.Nc1ccc(S(=O)(=O)Nc2ncccn2)cc1. The number of rotatable bonds is 13. The molecule has 0 spiro atoms. The first-order valence-corrected chi connectivity index (χ1v) is 26.7. The van der Waals surface area contributed by atoms with Gasteiger partial charge in [0.25, 0.3) is 10.0 Å². The monoisotopic (exact) mass is 1050 g/mol. The normalized spacial score (nSPS) is 31.2. The van der Waals surface area contributed by atoms with Crippen molar-refractivity contribution < 1.29 is 56.4 Å². The smallest absolute Gasteiger partial charge is 0.425 e. The maximum absolute atomic E-state index is 14.7. The predicted molar refractivity (Wildman–Crippen MR) is 276 cm³/mol. The van der Waals surface area contributed by atoms with Crippen LogP contribution in [0.1, 0.15) is 86.6 Å². The molecule has 5 heterocycles. The largest absolute Gasteiger partial charge is 0.458 e. The van der Waals surface area contributed by atoms with Crippen molar-refractivity contribution in [1.82, 2.24) is 30.3 Å². The van der Waals surface area contributed by atoms with E-state index in [1.807, 2.05) is 63.2 Å². The number of aryl methyl sites for hydroxylation is 1. The lowest BCUT2D eigenvalue weighted by Crippen LogP contribution is -2.61. The number of Topliss-reactive ketones (excluding diaryl/α,β-unsaturated/α-hetero) is 2. The number of methoxy groups -OCH3 is 1. The Morgan fingerprint density at radius 2 is 1.58 bits per heavy atom. The summed E-state index contributed by atoms with van der Waals surface area (Å²) in [6.45, 7) is 14.3. The Bertz CT molecular complexity index is 2680. The van der Waals surface area contributed by atoms with E-state index in [4.69, 9.17) is 29.4 Å². The van der Waals surface area contributed by atoms with E-state index in [0.29, 0.717) is 31.5 Å². The van der Waals surface area contributed by atoms with Crippen molar-refractivity contribution in [2.45, 2.75) is 146 Å². The molecule has 3 aliphatic heterocycles. The molecule has 3 aliphatic rings. The molecule has 2 aromatic carbocycles. The number of ketones is 2. The molecular weight excluding hydrogens is 973 g/mol. The fraction of sp³-hybridized carbons (Fsp3) is 0.566. The fourth-order valence-corrected chi connectivity index (χ4v) is 11.5. The highest BCUT2D eigenvalue weighted by Crippen LogP contribution is 2.42. The Morgan fingerprint density at radius 1 is 0.905 bits per heavy atom. The standard InChI is InChI=1S/C43H64N4O10.C10H10N4O2S/c1-12-33-43(8)37(47(41(52)57-43)45-20-15-16-29-19-21-44-31-18-14-13-17-30(29)31)26(4)34(48)24(2)23-42(7,53-11)38(27(5)35(49)28(6)39(51)55-33)56-40-36(50)32(46(9)10)22-25(3)54-40;11-8-2-4-9(5-3-8)17(15,16)14-10-12-6-1-7-13-10/h13-14,17-19,21,24-28,32-33,36-38,40,45,50H,12,15-16,20,22-23H2,1-11H3;1-7H,11H2,(H,12,13,14)/t24-,25-,26+,27+,28-,32+,33-,36-,37-,38-,40+,42-,43-;/m1./s1. The molecular formula is C53H74N8O12S. The summed E-state index contributed by atoms with van der Waals surface area (Å²) >= 11 is 0. The van der Waals surface area contributed by atoms with Crippen molar-refractivity contribution >= 4 is 56.2 Å². The second-order valence-corrected chi connectivity index (χ2v) is 22.0. The van der Waals surface area contributed by atoms with Gasteiger partial charge in [-0.05, 0) is 122 Å². The molecule has 0 saturated carbocycles. The quantitative estimate of drug-likeness (QED) is 0.0539. The molecule has 5 N–H and O–H groups in total. The number of sulfonamides is 1. The second-order valence-electron chi connectivity index (χ2n) is 20.3. The molecule has 0 radical (unpaired) electrons. The zero-order valence-corrected chi connectivity index (χ0v) is 45.1. The van der Waals surface area contributed by atoms with Crippen LogP contribution in [0.25, 0.3) is 10.9 Å². The zero-order valence-electron chi connectivity index (χ0n) is 44.3. The number of ether oxygens (including phenoxy) is 5. The average Bonchev–Trinajstić information content (AvgIpc) is 3.64. The van der Waals surface area contributed by atoms with E-state index < -0.39 is 93.4 Å². The average molecular weight is 1050 g/mol. The van der Waals surface area contributed by atoms with Gasteiger partial charge in [-0.25, -0.2) is 38.3 Å². The van der Waals surface area contributed by atoms with Gasteiger partial charge in [0.1, 0.15) is 30.0 Å². The molecule has 0 bridgehead atoms. The van der Waals surface area contributed by atoms with Crippen LogP contribution in [0.4, 0.5) is 16.4 Å². The number of amides is 1. The first kappa shape index (κ1) is 57.6. The number of hydrogen-bond donors (Lipinski definition) is 4. The Labute approximate surface area is 434 Å². The van der Waals surface area contributed by atoms with Crippen LogP contribution in [-0.2, 0) is 54.5 Å². The number of aliphatic hydroxyl groups excluding tert-OH is 1. The zero-order chi connectivity index (χ0) is 54.3. The van der Waals surface area contributed by atoms with Crippen molar-refractivity contribution in [2.75, 3.05) is 38.2 Å². The minimum absolute atomic E-state index is 0.0318. The topological polar surface area (TPSA) is 264 Å². The van der Waals surface area contributed by atoms with E-state index in [-0.39, 0.29) is 41.6 Å². The number of likely N-dealkylation sites (N-methyl/N-ethyl adjacent to an activating group) is 1. The lowest BCUT2D eigenvalue weighted by Gasteiger charge is -2.47. The third kappa shape index (κ3) is 12.9. The third-order valence-corrected chi connectivity index (χ3v) is 16.0. The number of hydrogen-bond acceptors (Lipinski definition) is 18. The number of para-hydroxylation sites is 1. The number of carbonyl (C=O) groups excluding carboxylic acids is 4. The molecule has 3 saturated heterocycles. The summed E-state index contributed by atoms with van der Waals surface area (Å²) in [6, 6.07) is 16.2. The van der Waals surface area contributed by atoms with Gasteiger partial charge in [0.05, 0.1) is 28.2 Å². The maximum Gasteiger partial charge on any atom is 0.425 e. The number of nitrogens with two attached hydrogens (primary N) is 1. The minimum Gasteiger partial charge on any atom is -0.458 e. The van der Waals surface area contributed by atoms with Crippen LogP contribution < -0.4 is 15.9 Å². The van der Waals surface area contributed by atoms with Crippen molar-refractivity contribution in [3.8, 4) is 0 Å². The number of nitrogens with one attached hydrogen (secondary N) is 2.